The Hall–Kier alpha value is -2.08. The zero-order valence-electron chi connectivity index (χ0n) is 13.0. The van der Waals surface area contributed by atoms with Crippen molar-refractivity contribution in [3.63, 3.8) is 0 Å². The summed E-state index contributed by atoms with van der Waals surface area (Å²) in [7, 11) is 0. The van der Waals surface area contributed by atoms with Crippen LogP contribution in [-0.4, -0.2) is 20.5 Å². The number of aromatic nitrogens is 3. The molecule has 0 radical (unpaired) electrons. The van der Waals surface area contributed by atoms with Crippen LogP contribution in [0.5, 0.6) is 0 Å². The van der Waals surface area contributed by atoms with Crippen molar-refractivity contribution in [2.45, 2.75) is 25.4 Å². The van der Waals surface area contributed by atoms with Gasteiger partial charge < -0.3 is 11.5 Å². The molecule has 3 heterocycles. The molecule has 3 aromatic heterocycles. The highest BCUT2D eigenvalue weighted by molar-refractivity contribution is 6.29. The number of nitrogens with zero attached hydrogens (tertiary/aromatic N) is 3. The highest BCUT2D eigenvalue weighted by Gasteiger charge is 2.26. The third-order valence-corrected chi connectivity index (χ3v) is 3.99. The van der Waals surface area contributed by atoms with Crippen LogP contribution in [0.2, 0.25) is 5.15 Å². The predicted molar refractivity (Wildman–Crippen MR) is 93.0 cm³/mol. The molecule has 0 aromatic carbocycles. The monoisotopic (exact) mass is 327 g/mol. The quantitative estimate of drug-likeness (QED) is 0.721. The number of rotatable bonds is 3. The van der Waals surface area contributed by atoms with Crippen LogP contribution in [0.25, 0.3) is 22.0 Å². The number of fused-ring (bicyclic) bond motifs is 1. The number of halogens is 1. The molecule has 5 nitrogen and oxygen atoms in total. The molecule has 3 rings (SSSR count). The first-order chi connectivity index (χ1) is 10.9. The molecule has 0 spiro atoms. The summed E-state index contributed by atoms with van der Waals surface area (Å²) in [6.45, 7) is 3.78. The summed E-state index contributed by atoms with van der Waals surface area (Å²) >= 11 is 5.99. The van der Waals surface area contributed by atoms with Gasteiger partial charge in [-0.3, -0.25) is 9.97 Å². The molecule has 23 heavy (non-hydrogen) atoms. The SMILES string of the molecule is CC(C)(N)C(N)c1nc(-c2ccnc(Cl)c2)cc2cnccc12. The van der Waals surface area contributed by atoms with Gasteiger partial charge in [-0.25, -0.2) is 4.98 Å². The molecule has 0 aliphatic heterocycles. The van der Waals surface area contributed by atoms with E-state index in [9.17, 15) is 0 Å². The molecule has 0 aliphatic carbocycles. The van der Waals surface area contributed by atoms with Crippen molar-refractivity contribution in [3.8, 4) is 11.3 Å². The van der Waals surface area contributed by atoms with Gasteiger partial charge in [0.1, 0.15) is 5.15 Å². The molecule has 4 N–H and O–H groups in total. The zero-order chi connectivity index (χ0) is 16.6. The maximum absolute atomic E-state index is 6.37. The molecule has 118 valence electrons. The zero-order valence-corrected chi connectivity index (χ0v) is 13.7. The lowest BCUT2D eigenvalue weighted by molar-refractivity contribution is 0.416. The van der Waals surface area contributed by atoms with Crippen molar-refractivity contribution in [1.82, 2.24) is 15.0 Å². The predicted octanol–water partition coefficient (Wildman–Crippen LogP) is 3.08. The minimum absolute atomic E-state index is 0.412. The second kappa shape index (κ2) is 5.85. The van der Waals surface area contributed by atoms with Crippen LogP contribution >= 0.6 is 11.6 Å². The van der Waals surface area contributed by atoms with E-state index in [2.05, 4.69) is 9.97 Å². The fourth-order valence-corrected chi connectivity index (χ4v) is 2.60. The van der Waals surface area contributed by atoms with E-state index in [0.29, 0.717) is 5.15 Å². The van der Waals surface area contributed by atoms with Crippen molar-refractivity contribution in [1.29, 1.82) is 0 Å². The highest BCUT2D eigenvalue weighted by Crippen LogP contribution is 2.30. The lowest BCUT2D eigenvalue weighted by Gasteiger charge is -2.27. The lowest BCUT2D eigenvalue weighted by atomic mass is 9.91. The largest absolute Gasteiger partial charge is 0.324 e. The van der Waals surface area contributed by atoms with Crippen LogP contribution in [0.3, 0.4) is 0 Å². The molecule has 1 atom stereocenters. The van der Waals surface area contributed by atoms with E-state index >= 15 is 0 Å². The van der Waals surface area contributed by atoms with Crippen LogP contribution < -0.4 is 11.5 Å². The van der Waals surface area contributed by atoms with Gasteiger partial charge in [-0.1, -0.05) is 11.6 Å². The Balaban J connectivity index is 2.26. The average molecular weight is 328 g/mol. The van der Waals surface area contributed by atoms with Crippen LogP contribution in [0.4, 0.5) is 0 Å². The molecule has 0 amide bonds. The van der Waals surface area contributed by atoms with E-state index in [1.165, 1.54) is 0 Å². The lowest BCUT2D eigenvalue weighted by Crippen LogP contribution is -2.44. The van der Waals surface area contributed by atoms with E-state index in [0.717, 1.165) is 27.7 Å². The topological polar surface area (TPSA) is 90.7 Å². The van der Waals surface area contributed by atoms with Crippen molar-refractivity contribution >= 4 is 22.4 Å². The Kier molecular flexibility index (Phi) is 4.02. The molecule has 1 unspecified atom stereocenters. The van der Waals surface area contributed by atoms with Gasteiger partial charge in [0.15, 0.2) is 0 Å². The second-order valence-electron chi connectivity index (χ2n) is 6.16. The minimum atomic E-state index is -0.599. The van der Waals surface area contributed by atoms with Crippen molar-refractivity contribution in [3.05, 3.63) is 53.7 Å². The van der Waals surface area contributed by atoms with Gasteiger partial charge in [0.25, 0.3) is 0 Å². The van der Waals surface area contributed by atoms with E-state index in [4.69, 9.17) is 28.1 Å². The summed E-state index contributed by atoms with van der Waals surface area (Å²) in [6.07, 6.45) is 5.18. The van der Waals surface area contributed by atoms with Crippen LogP contribution in [0.15, 0.2) is 42.9 Å². The third-order valence-electron chi connectivity index (χ3n) is 3.78. The Bertz CT molecular complexity index is 857. The van der Waals surface area contributed by atoms with Crippen LogP contribution in [-0.2, 0) is 0 Å². The van der Waals surface area contributed by atoms with Crippen molar-refractivity contribution in [2.24, 2.45) is 11.5 Å². The van der Waals surface area contributed by atoms with Gasteiger partial charge in [0.2, 0.25) is 0 Å². The Morgan fingerprint density at radius 3 is 2.65 bits per heavy atom. The first kappa shape index (κ1) is 15.8. The summed E-state index contributed by atoms with van der Waals surface area (Å²) in [4.78, 5) is 13.0. The van der Waals surface area contributed by atoms with Gasteiger partial charge in [-0.2, -0.15) is 0 Å². The number of hydrogen-bond donors (Lipinski definition) is 2. The summed E-state index contributed by atoms with van der Waals surface area (Å²) in [5, 5.41) is 2.33. The first-order valence-corrected chi connectivity index (χ1v) is 7.65. The van der Waals surface area contributed by atoms with Gasteiger partial charge in [0.05, 0.1) is 17.4 Å². The average Bonchev–Trinajstić information content (AvgIpc) is 2.52. The van der Waals surface area contributed by atoms with Crippen molar-refractivity contribution < 1.29 is 0 Å². The molecule has 0 saturated heterocycles. The maximum atomic E-state index is 6.37. The van der Waals surface area contributed by atoms with Crippen LogP contribution in [0.1, 0.15) is 25.6 Å². The summed E-state index contributed by atoms with van der Waals surface area (Å²) in [5.74, 6) is 0. The van der Waals surface area contributed by atoms with Crippen molar-refractivity contribution in [2.75, 3.05) is 0 Å². The number of pyridine rings is 3. The minimum Gasteiger partial charge on any atom is -0.324 e. The molecule has 0 bridgehead atoms. The Labute approximate surface area is 139 Å². The normalized spacial score (nSPS) is 13.3. The number of nitrogens with two attached hydrogens (primary N) is 2. The molecule has 0 fully saturated rings. The standard InChI is InChI=1S/C17H18ClN5/c1-17(2,20)16(19)15-12-4-5-21-9-11(12)7-13(23-15)10-3-6-22-14(18)8-10/h3-9,16H,19-20H2,1-2H3. The van der Waals surface area contributed by atoms with E-state index in [-0.39, 0.29) is 0 Å². The fourth-order valence-electron chi connectivity index (χ4n) is 2.42. The number of hydrogen-bond acceptors (Lipinski definition) is 5. The van der Waals surface area contributed by atoms with Gasteiger partial charge in [-0.15, -0.1) is 0 Å². The second-order valence-corrected chi connectivity index (χ2v) is 6.54. The van der Waals surface area contributed by atoms with E-state index in [1.54, 1.807) is 24.7 Å². The van der Waals surface area contributed by atoms with Gasteiger partial charge >= 0.3 is 0 Å². The third kappa shape index (κ3) is 3.17. The highest BCUT2D eigenvalue weighted by atomic mass is 35.5. The molecular weight excluding hydrogens is 310 g/mol. The smallest absolute Gasteiger partial charge is 0.129 e. The summed E-state index contributed by atoms with van der Waals surface area (Å²) in [5.41, 5.74) is 14.4. The summed E-state index contributed by atoms with van der Waals surface area (Å²) in [6, 6.07) is 7.10. The molecule has 3 aromatic rings. The maximum Gasteiger partial charge on any atom is 0.129 e. The molecular formula is C17H18ClN5. The molecule has 0 aliphatic rings. The van der Waals surface area contributed by atoms with Crippen LogP contribution in [0, 0.1) is 0 Å². The van der Waals surface area contributed by atoms with E-state index < -0.39 is 11.6 Å². The summed E-state index contributed by atoms with van der Waals surface area (Å²) < 4.78 is 0. The van der Waals surface area contributed by atoms with E-state index in [1.807, 2.05) is 32.0 Å². The first-order valence-electron chi connectivity index (χ1n) is 7.27. The fraction of sp³-hybridized carbons (Fsp3) is 0.235. The Morgan fingerprint density at radius 2 is 1.96 bits per heavy atom. The van der Waals surface area contributed by atoms with Gasteiger partial charge in [0, 0.05) is 40.5 Å². The molecule has 0 saturated carbocycles. The molecule has 6 heteroatoms. The van der Waals surface area contributed by atoms with Gasteiger partial charge in [-0.05, 0) is 38.1 Å². The Morgan fingerprint density at radius 1 is 1.17 bits per heavy atom.